The van der Waals surface area contributed by atoms with E-state index in [0.717, 1.165) is 27.9 Å². The summed E-state index contributed by atoms with van der Waals surface area (Å²) in [6, 6.07) is 11.0. The Morgan fingerprint density at radius 1 is 1.07 bits per heavy atom. The van der Waals surface area contributed by atoms with Gasteiger partial charge in [-0.3, -0.25) is 4.98 Å². The zero-order valence-electron chi connectivity index (χ0n) is 15.1. The minimum Gasteiger partial charge on any atom is -0.466 e. The fourth-order valence-corrected chi connectivity index (χ4v) is 2.95. The lowest BCUT2D eigenvalue weighted by Crippen LogP contribution is -2.07. The third kappa shape index (κ3) is 3.31. The van der Waals surface area contributed by atoms with Gasteiger partial charge in [-0.25, -0.2) is 4.79 Å². The molecule has 0 fully saturated rings. The van der Waals surface area contributed by atoms with Crippen LogP contribution in [0.25, 0.3) is 22.4 Å². The van der Waals surface area contributed by atoms with Crippen LogP contribution in [-0.2, 0) is 11.3 Å². The van der Waals surface area contributed by atoms with Crippen molar-refractivity contribution in [2.24, 2.45) is 0 Å². The van der Waals surface area contributed by atoms with E-state index < -0.39 is 5.97 Å². The second kappa shape index (κ2) is 6.68. The number of nitrogens with zero attached hydrogens (tertiary/aromatic N) is 3. The summed E-state index contributed by atoms with van der Waals surface area (Å²) in [6.07, 6.45) is 0. The number of hydrogen-bond acceptors (Lipinski definition) is 7. The number of aromatic nitrogens is 3. The molecule has 0 saturated heterocycles. The van der Waals surface area contributed by atoms with Gasteiger partial charge in [-0.1, -0.05) is 18.2 Å². The average Bonchev–Trinajstić information content (AvgIpc) is 3.24. The summed E-state index contributed by atoms with van der Waals surface area (Å²) in [7, 11) is 0. The van der Waals surface area contributed by atoms with Gasteiger partial charge < -0.3 is 13.6 Å². The zero-order valence-corrected chi connectivity index (χ0v) is 15.1. The normalized spacial score (nSPS) is 11.1. The fraction of sp³-hybridized carbons (Fsp3) is 0.200. The van der Waals surface area contributed by atoms with Crippen LogP contribution in [0.4, 0.5) is 0 Å². The van der Waals surface area contributed by atoms with Gasteiger partial charge in [0.15, 0.2) is 6.61 Å². The first-order valence-electron chi connectivity index (χ1n) is 8.44. The lowest BCUT2D eigenvalue weighted by molar-refractivity contribution is 0.0441. The minimum atomic E-state index is -0.466. The highest BCUT2D eigenvalue weighted by Gasteiger charge is 2.17. The topological polar surface area (TPSA) is 91.2 Å². The number of hydrogen-bond donors (Lipinski definition) is 0. The molecule has 0 amide bonds. The summed E-state index contributed by atoms with van der Waals surface area (Å²) in [5.41, 5.74) is 2.68. The molecule has 0 spiro atoms. The van der Waals surface area contributed by atoms with Crippen LogP contribution in [0.2, 0.25) is 0 Å². The molecule has 0 aliphatic carbocycles. The molecular weight excluding hydrogens is 346 g/mol. The van der Waals surface area contributed by atoms with Gasteiger partial charge >= 0.3 is 5.97 Å². The summed E-state index contributed by atoms with van der Waals surface area (Å²) in [6.45, 7) is 5.39. The quantitative estimate of drug-likeness (QED) is 0.503. The summed E-state index contributed by atoms with van der Waals surface area (Å²) in [5, 5.41) is 8.68. The number of aryl methyl sites for hydroxylation is 3. The zero-order chi connectivity index (χ0) is 19.0. The second-order valence-corrected chi connectivity index (χ2v) is 6.23. The molecule has 0 radical (unpaired) electrons. The van der Waals surface area contributed by atoms with Crippen LogP contribution >= 0.6 is 0 Å². The van der Waals surface area contributed by atoms with Crippen molar-refractivity contribution < 1.29 is 18.4 Å². The SMILES string of the molecule is Cc1cc(C(=O)OCc2nnc(-c3cc(C)oc3C)o2)c2ccccc2n1. The van der Waals surface area contributed by atoms with Gasteiger partial charge in [0.25, 0.3) is 11.8 Å². The molecular formula is C20H17N3O4. The molecule has 0 N–H and O–H groups in total. The molecule has 3 aromatic heterocycles. The van der Waals surface area contributed by atoms with E-state index in [1.807, 2.05) is 51.1 Å². The smallest absolute Gasteiger partial charge is 0.339 e. The van der Waals surface area contributed by atoms with Gasteiger partial charge in [0, 0.05) is 11.1 Å². The maximum atomic E-state index is 12.6. The highest BCUT2D eigenvalue weighted by Crippen LogP contribution is 2.25. The standard InChI is InChI=1S/C20H17N3O4/c1-11-8-16(14-6-4-5-7-17(14)21-11)20(24)25-10-18-22-23-19(27-18)15-9-12(2)26-13(15)3/h4-9H,10H2,1-3H3. The Hall–Kier alpha value is -3.48. The van der Waals surface area contributed by atoms with Crippen molar-refractivity contribution in [1.82, 2.24) is 15.2 Å². The van der Waals surface area contributed by atoms with Crippen molar-refractivity contribution in [3.63, 3.8) is 0 Å². The second-order valence-electron chi connectivity index (χ2n) is 6.23. The van der Waals surface area contributed by atoms with Crippen LogP contribution in [-0.4, -0.2) is 21.2 Å². The number of ether oxygens (including phenoxy) is 1. The first-order valence-corrected chi connectivity index (χ1v) is 8.44. The van der Waals surface area contributed by atoms with Gasteiger partial charge in [0.05, 0.1) is 16.6 Å². The van der Waals surface area contributed by atoms with Crippen LogP contribution in [0.3, 0.4) is 0 Å². The van der Waals surface area contributed by atoms with Crippen LogP contribution in [0.1, 0.15) is 33.5 Å². The number of para-hydroxylation sites is 1. The molecule has 0 bridgehead atoms. The highest BCUT2D eigenvalue weighted by molar-refractivity contribution is 6.03. The van der Waals surface area contributed by atoms with Crippen molar-refractivity contribution in [2.75, 3.05) is 0 Å². The Kier molecular flexibility index (Phi) is 4.19. The molecule has 0 unspecified atom stereocenters. The first-order chi connectivity index (χ1) is 13.0. The Morgan fingerprint density at radius 2 is 1.89 bits per heavy atom. The van der Waals surface area contributed by atoms with Crippen LogP contribution < -0.4 is 0 Å². The van der Waals surface area contributed by atoms with Crippen LogP contribution in [0.15, 0.2) is 45.2 Å². The maximum absolute atomic E-state index is 12.6. The molecule has 0 atom stereocenters. The van der Waals surface area contributed by atoms with Crippen LogP contribution in [0, 0.1) is 20.8 Å². The summed E-state index contributed by atoms with van der Waals surface area (Å²) in [5.74, 6) is 1.53. The Labute approximate surface area is 155 Å². The molecule has 4 aromatic rings. The van der Waals surface area contributed by atoms with Crippen molar-refractivity contribution in [3.8, 4) is 11.5 Å². The van der Waals surface area contributed by atoms with E-state index in [1.165, 1.54) is 0 Å². The number of carbonyl (C=O) groups is 1. The number of carbonyl (C=O) groups excluding carboxylic acids is 1. The lowest BCUT2D eigenvalue weighted by Gasteiger charge is -2.07. The summed E-state index contributed by atoms with van der Waals surface area (Å²) in [4.78, 5) is 17.0. The summed E-state index contributed by atoms with van der Waals surface area (Å²) < 4.78 is 16.4. The van der Waals surface area contributed by atoms with Crippen molar-refractivity contribution in [1.29, 1.82) is 0 Å². The maximum Gasteiger partial charge on any atom is 0.339 e. The Balaban J connectivity index is 1.53. The fourth-order valence-electron chi connectivity index (χ4n) is 2.95. The molecule has 27 heavy (non-hydrogen) atoms. The molecule has 3 heterocycles. The number of pyridine rings is 1. The Morgan fingerprint density at radius 3 is 2.67 bits per heavy atom. The van der Waals surface area contributed by atoms with Gasteiger partial charge in [0.2, 0.25) is 0 Å². The third-order valence-corrected chi connectivity index (χ3v) is 4.13. The molecule has 1 aromatic carbocycles. The molecule has 7 heteroatoms. The van der Waals surface area contributed by atoms with Crippen molar-refractivity contribution in [2.45, 2.75) is 27.4 Å². The van der Waals surface area contributed by atoms with E-state index in [2.05, 4.69) is 15.2 Å². The van der Waals surface area contributed by atoms with E-state index in [1.54, 1.807) is 6.07 Å². The minimum absolute atomic E-state index is 0.114. The van der Waals surface area contributed by atoms with Gasteiger partial charge in [-0.2, -0.15) is 0 Å². The number of rotatable bonds is 4. The third-order valence-electron chi connectivity index (χ3n) is 4.13. The van der Waals surface area contributed by atoms with E-state index >= 15 is 0 Å². The lowest BCUT2D eigenvalue weighted by atomic mass is 10.1. The van der Waals surface area contributed by atoms with E-state index in [-0.39, 0.29) is 12.5 Å². The molecule has 0 saturated carbocycles. The van der Waals surface area contributed by atoms with E-state index in [4.69, 9.17) is 13.6 Å². The number of fused-ring (bicyclic) bond motifs is 1. The number of furan rings is 1. The van der Waals surface area contributed by atoms with Gasteiger partial charge in [-0.05, 0) is 39.0 Å². The first kappa shape index (κ1) is 17.0. The highest BCUT2D eigenvalue weighted by atomic mass is 16.5. The molecule has 7 nitrogen and oxygen atoms in total. The predicted octanol–water partition coefficient (Wildman–Crippen LogP) is 4.16. The van der Waals surface area contributed by atoms with Crippen molar-refractivity contribution >= 4 is 16.9 Å². The molecule has 4 rings (SSSR count). The van der Waals surface area contributed by atoms with Crippen LogP contribution in [0.5, 0.6) is 0 Å². The number of benzene rings is 1. The monoisotopic (exact) mass is 363 g/mol. The Bertz CT molecular complexity index is 1140. The van der Waals surface area contributed by atoms with Gasteiger partial charge in [-0.15, -0.1) is 10.2 Å². The average molecular weight is 363 g/mol. The molecule has 0 aliphatic rings. The number of esters is 1. The van der Waals surface area contributed by atoms with E-state index in [0.29, 0.717) is 17.2 Å². The van der Waals surface area contributed by atoms with E-state index in [9.17, 15) is 4.79 Å². The summed E-state index contributed by atoms with van der Waals surface area (Å²) >= 11 is 0. The molecule has 136 valence electrons. The van der Waals surface area contributed by atoms with Crippen molar-refractivity contribution in [3.05, 3.63) is 65.1 Å². The van der Waals surface area contributed by atoms with Gasteiger partial charge in [0.1, 0.15) is 11.5 Å². The molecule has 0 aliphatic heterocycles. The largest absolute Gasteiger partial charge is 0.466 e. The predicted molar refractivity (Wildman–Crippen MR) is 97.1 cm³/mol.